The summed E-state index contributed by atoms with van der Waals surface area (Å²) in [5.41, 5.74) is 0. The van der Waals surface area contributed by atoms with Crippen molar-refractivity contribution >= 4 is 23.5 Å². The van der Waals surface area contributed by atoms with Gasteiger partial charge in [0.15, 0.2) is 0 Å². The molecule has 4 unspecified atom stereocenters. The van der Waals surface area contributed by atoms with Gasteiger partial charge in [0.25, 0.3) is 0 Å². The molecule has 0 radical (unpaired) electrons. The van der Waals surface area contributed by atoms with E-state index in [1.165, 1.54) is 95.0 Å². The minimum Gasteiger partial charge on any atom is -0.158 e. The molecular formula is C21H38S2. The van der Waals surface area contributed by atoms with E-state index in [1.54, 1.807) is 0 Å². The molecule has 0 aromatic carbocycles. The SMILES string of the molecule is CC1C(C2CCCCS2)CCCCCCCC1C1CCCCS1. The molecule has 4 atom stereocenters. The summed E-state index contributed by atoms with van der Waals surface area (Å²) in [7, 11) is 0. The van der Waals surface area contributed by atoms with Gasteiger partial charge in [-0.1, -0.05) is 51.9 Å². The smallest absolute Gasteiger partial charge is 0.00779 e. The average molecular weight is 355 g/mol. The average Bonchev–Trinajstić information content (AvgIpc) is 2.62. The normalized spacial score (nSPS) is 41.3. The van der Waals surface area contributed by atoms with E-state index in [2.05, 4.69) is 30.4 Å². The Labute approximate surface area is 153 Å². The molecule has 0 N–H and O–H groups in total. The fourth-order valence-electron chi connectivity index (χ4n) is 5.39. The monoisotopic (exact) mass is 354 g/mol. The molecule has 0 amide bonds. The first-order valence-electron chi connectivity index (χ1n) is 10.6. The minimum atomic E-state index is 0.972. The standard InChI is InChI=1S/C21H38S2/c1-17-18(20-13-7-9-15-22-20)11-5-3-2-4-6-12-19(17)21-14-8-10-16-23-21/h17-21H,2-16H2,1H3. The van der Waals surface area contributed by atoms with E-state index in [-0.39, 0.29) is 0 Å². The predicted octanol–water partition coefficient (Wildman–Crippen LogP) is 7.17. The number of hydrogen-bond acceptors (Lipinski definition) is 2. The van der Waals surface area contributed by atoms with Crippen LogP contribution in [0.25, 0.3) is 0 Å². The van der Waals surface area contributed by atoms with Crippen molar-refractivity contribution in [3.63, 3.8) is 0 Å². The van der Waals surface area contributed by atoms with Crippen LogP contribution < -0.4 is 0 Å². The van der Waals surface area contributed by atoms with E-state index in [0.29, 0.717) is 0 Å². The van der Waals surface area contributed by atoms with E-state index in [0.717, 1.165) is 28.3 Å². The second kappa shape index (κ2) is 10.00. The largest absolute Gasteiger partial charge is 0.158 e. The molecule has 3 aliphatic rings. The highest BCUT2D eigenvalue weighted by Crippen LogP contribution is 2.45. The molecule has 23 heavy (non-hydrogen) atoms. The molecule has 134 valence electrons. The predicted molar refractivity (Wildman–Crippen MR) is 109 cm³/mol. The summed E-state index contributed by atoms with van der Waals surface area (Å²) < 4.78 is 0. The van der Waals surface area contributed by atoms with Crippen molar-refractivity contribution in [2.45, 2.75) is 101 Å². The van der Waals surface area contributed by atoms with Crippen molar-refractivity contribution in [2.75, 3.05) is 11.5 Å². The van der Waals surface area contributed by atoms with Crippen molar-refractivity contribution in [3.05, 3.63) is 0 Å². The topological polar surface area (TPSA) is 0 Å². The minimum absolute atomic E-state index is 0.972. The quantitative estimate of drug-likeness (QED) is 0.515. The van der Waals surface area contributed by atoms with Crippen LogP contribution >= 0.6 is 23.5 Å². The molecule has 1 aliphatic carbocycles. The maximum Gasteiger partial charge on any atom is 0.00779 e. The molecule has 2 aliphatic heterocycles. The second-order valence-corrected chi connectivity index (χ2v) is 11.0. The molecule has 0 aromatic rings. The van der Waals surface area contributed by atoms with Gasteiger partial charge in [0.2, 0.25) is 0 Å². The highest BCUT2D eigenvalue weighted by Gasteiger charge is 2.36. The van der Waals surface area contributed by atoms with Gasteiger partial charge < -0.3 is 0 Å². The summed E-state index contributed by atoms with van der Waals surface area (Å²) in [5.74, 6) is 5.89. The van der Waals surface area contributed by atoms with Crippen LogP contribution in [0.15, 0.2) is 0 Å². The third-order valence-corrected chi connectivity index (χ3v) is 9.89. The zero-order valence-corrected chi connectivity index (χ0v) is 16.9. The third-order valence-electron chi connectivity index (χ3n) is 6.81. The van der Waals surface area contributed by atoms with Crippen molar-refractivity contribution in [2.24, 2.45) is 17.8 Å². The Morgan fingerprint density at radius 2 is 0.957 bits per heavy atom. The van der Waals surface area contributed by atoms with Crippen LogP contribution in [0.4, 0.5) is 0 Å². The Morgan fingerprint density at radius 3 is 1.39 bits per heavy atom. The Balaban J connectivity index is 1.70. The fraction of sp³-hybridized carbons (Fsp3) is 1.00. The van der Waals surface area contributed by atoms with Crippen molar-refractivity contribution in [1.82, 2.24) is 0 Å². The lowest BCUT2D eigenvalue weighted by Crippen LogP contribution is -2.36. The van der Waals surface area contributed by atoms with Crippen LogP contribution in [-0.4, -0.2) is 22.0 Å². The van der Waals surface area contributed by atoms with Gasteiger partial charge in [0.1, 0.15) is 0 Å². The summed E-state index contributed by atoms with van der Waals surface area (Å²) >= 11 is 4.69. The molecule has 0 nitrogen and oxygen atoms in total. The fourth-order valence-corrected chi connectivity index (χ4v) is 8.67. The molecule has 2 heteroatoms. The van der Waals surface area contributed by atoms with Crippen molar-refractivity contribution in [3.8, 4) is 0 Å². The Bertz CT molecular complexity index is 288. The maximum absolute atomic E-state index is 2.67. The molecular weight excluding hydrogens is 316 g/mol. The molecule has 1 saturated carbocycles. The van der Waals surface area contributed by atoms with Gasteiger partial charge in [-0.2, -0.15) is 23.5 Å². The lowest BCUT2D eigenvalue weighted by Gasteiger charge is -2.42. The number of rotatable bonds is 2. The summed E-state index contributed by atoms with van der Waals surface area (Å²) in [5, 5.41) is 1.99. The maximum atomic E-state index is 2.67. The Hall–Kier alpha value is 0.700. The lowest BCUT2D eigenvalue weighted by atomic mass is 9.72. The van der Waals surface area contributed by atoms with Gasteiger partial charge in [-0.3, -0.25) is 0 Å². The van der Waals surface area contributed by atoms with Crippen LogP contribution in [-0.2, 0) is 0 Å². The third kappa shape index (κ3) is 5.33. The first-order chi connectivity index (χ1) is 11.4. The van der Waals surface area contributed by atoms with Crippen molar-refractivity contribution < 1.29 is 0 Å². The van der Waals surface area contributed by atoms with Gasteiger partial charge in [0, 0.05) is 10.5 Å². The van der Waals surface area contributed by atoms with E-state index < -0.39 is 0 Å². The molecule has 0 spiro atoms. The van der Waals surface area contributed by atoms with Gasteiger partial charge in [0.05, 0.1) is 0 Å². The van der Waals surface area contributed by atoms with Gasteiger partial charge in [-0.25, -0.2) is 0 Å². The van der Waals surface area contributed by atoms with E-state index >= 15 is 0 Å². The molecule has 2 saturated heterocycles. The summed E-state index contributed by atoms with van der Waals surface area (Å²) in [4.78, 5) is 0. The van der Waals surface area contributed by atoms with E-state index in [1.807, 2.05) is 0 Å². The van der Waals surface area contributed by atoms with Gasteiger partial charge >= 0.3 is 0 Å². The second-order valence-electron chi connectivity index (χ2n) is 8.34. The molecule has 3 rings (SSSR count). The molecule has 0 aromatic heterocycles. The van der Waals surface area contributed by atoms with Gasteiger partial charge in [-0.05, 0) is 67.8 Å². The van der Waals surface area contributed by atoms with E-state index in [4.69, 9.17) is 0 Å². The lowest BCUT2D eigenvalue weighted by molar-refractivity contribution is 0.190. The molecule has 3 fully saturated rings. The van der Waals surface area contributed by atoms with Crippen LogP contribution in [0.2, 0.25) is 0 Å². The van der Waals surface area contributed by atoms with Crippen LogP contribution in [0.3, 0.4) is 0 Å². The van der Waals surface area contributed by atoms with Crippen molar-refractivity contribution in [1.29, 1.82) is 0 Å². The van der Waals surface area contributed by atoms with Gasteiger partial charge in [-0.15, -0.1) is 0 Å². The van der Waals surface area contributed by atoms with Crippen LogP contribution in [0, 0.1) is 17.8 Å². The zero-order valence-electron chi connectivity index (χ0n) is 15.3. The van der Waals surface area contributed by atoms with E-state index in [9.17, 15) is 0 Å². The summed E-state index contributed by atoms with van der Waals surface area (Å²) in [6, 6.07) is 0. The molecule has 0 bridgehead atoms. The summed E-state index contributed by atoms with van der Waals surface area (Å²) in [6.45, 7) is 2.67. The first-order valence-corrected chi connectivity index (χ1v) is 12.7. The highest BCUT2D eigenvalue weighted by molar-refractivity contribution is 8.00. The molecule has 2 heterocycles. The van der Waals surface area contributed by atoms with Crippen LogP contribution in [0.1, 0.15) is 90.4 Å². The van der Waals surface area contributed by atoms with Crippen LogP contribution in [0.5, 0.6) is 0 Å². The zero-order chi connectivity index (χ0) is 15.9. The highest BCUT2D eigenvalue weighted by atomic mass is 32.2. The number of hydrogen-bond donors (Lipinski definition) is 0. The Kier molecular flexibility index (Phi) is 8.04. The Morgan fingerprint density at radius 1 is 0.522 bits per heavy atom. The number of thioether (sulfide) groups is 2. The summed E-state index contributed by atoms with van der Waals surface area (Å²) in [6.07, 6.45) is 19.6. The first kappa shape index (κ1) is 18.5.